The van der Waals surface area contributed by atoms with Crippen molar-refractivity contribution in [1.82, 2.24) is 5.06 Å². The Hall–Kier alpha value is -1.11. The highest BCUT2D eigenvalue weighted by molar-refractivity contribution is 7.47. The Morgan fingerprint density at radius 3 is 1.65 bits per heavy atom. The lowest BCUT2D eigenvalue weighted by molar-refractivity contribution is -0.870. The zero-order chi connectivity index (χ0) is 40.7. The standard InChI is InChI=1S/C42H83N2O10P/c1-6-8-10-11-12-13-14-15-16-17-20-23-26-29-40(45)50-37-39(38-53-55(48,49)52-36-34-44(3,4)5)54-41(46)30-27-24-21-18-19-22-25-28-32-42(31-9-7-2)43(47)33-35-51-42/h39,47H,6-38H2,1-5H3/p+1/t39-,42?/m1/s1. The van der Waals surface area contributed by atoms with Crippen LogP contribution in [0.2, 0.25) is 0 Å². The van der Waals surface area contributed by atoms with E-state index in [1.165, 1.54) is 69.3 Å². The van der Waals surface area contributed by atoms with Gasteiger partial charge in [-0.2, -0.15) is 5.06 Å². The molecule has 0 bridgehead atoms. The Bertz CT molecular complexity index is 1010. The first-order valence-electron chi connectivity index (χ1n) is 22.2. The molecule has 0 spiro atoms. The molecule has 0 aliphatic carbocycles. The van der Waals surface area contributed by atoms with Gasteiger partial charge in [-0.1, -0.05) is 136 Å². The van der Waals surface area contributed by atoms with Crippen LogP contribution < -0.4 is 0 Å². The zero-order valence-corrected chi connectivity index (χ0v) is 36.8. The van der Waals surface area contributed by atoms with E-state index in [-0.39, 0.29) is 32.0 Å². The molecule has 0 saturated carbocycles. The molecular formula is C42H84N2O10P+. The van der Waals surface area contributed by atoms with Gasteiger partial charge in [0.25, 0.3) is 0 Å². The van der Waals surface area contributed by atoms with E-state index in [2.05, 4.69) is 13.8 Å². The van der Waals surface area contributed by atoms with Crippen LogP contribution in [0.15, 0.2) is 0 Å². The average molecular weight is 808 g/mol. The second-order valence-corrected chi connectivity index (χ2v) is 18.2. The quantitative estimate of drug-likeness (QED) is 0.0266. The van der Waals surface area contributed by atoms with Gasteiger partial charge in [-0.15, -0.1) is 0 Å². The normalized spacial score (nSPS) is 18.0. The molecule has 13 heteroatoms. The van der Waals surface area contributed by atoms with Gasteiger partial charge in [-0.05, 0) is 38.5 Å². The second-order valence-electron chi connectivity index (χ2n) is 16.7. The van der Waals surface area contributed by atoms with Gasteiger partial charge in [0.05, 0.1) is 40.9 Å². The molecule has 0 amide bonds. The molecule has 12 nitrogen and oxygen atoms in total. The number of carbonyl (C=O) groups excluding carboxylic acids is 2. The number of carbonyl (C=O) groups is 2. The maximum atomic E-state index is 12.7. The maximum absolute atomic E-state index is 12.7. The molecule has 2 N–H and O–H groups in total. The second kappa shape index (κ2) is 31.8. The number of likely N-dealkylation sites (N-methyl/N-ethyl adjacent to an activating group) is 1. The molecular weight excluding hydrogens is 723 g/mol. The van der Waals surface area contributed by atoms with Crippen molar-refractivity contribution >= 4 is 19.8 Å². The number of nitrogens with zero attached hydrogens (tertiary/aromatic N) is 2. The van der Waals surface area contributed by atoms with E-state index < -0.39 is 32.2 Å². The minimum absolute atomic E-state index is 0.0208. The van der Waals surface area contributed by atoms with Crippen LogP contribution in [-0.4, -0.2) is 104 Å². The van der Waals surface area contributed by atoms with Gasteiger partial charge in [-0.25, -0.2) is 4.57 Å². The van der Waals surface area contributed by atoms with Gasteiger partial charge < -0.3 is 28.8 Å². The molecule has 1 aliphatic rings. The third kappa shape index (κ3) is 28.9. The van der Waals surface area contributed by atoms with Crippen molar-refractivity contribution in [3.8, 4) is 0 Å². The van der Waals surface area contributed by atoms with Gasteiger partial charge in [0.15, 0.2) is 6.10 Å². The molecule has 3 atom stereocenters. The van der Waals surface area contributed by atoms with E-state index in [9.17, 15) is 24.3 Å². The number of rotatable bonds is 38. The third-order valence-corrected chi connectivity index (χ3v) is 11.4. The van der Waals surface area contributed by atoms with Gasteiger partial charge in [0, 0.05) is 12.8 Å². The molecule has 1 heterocycles. The predicted molar refractivity (Wildman–Crippen MR) is 219 cm³/mol. The number of hydrogen-bond donors (Lipinski definition) is 2. The van der Waals surface area contributed by atoms with Crippen molar-refractivity contribution in [2.45, 2.75) is 199 Å². The third-order valence-electron chi connectivity index (χ3n) is 10.4. The number of hydroxylamine groups is 2. The van der Waals surface area contributed by atoms with Crippen LogP contribution in [0.25, 0.3) is 0 Å². The molecule has 2 unspecified atom stereocenters. The lowest BCUT2D eigenvalue weighted by Crippen LogP contribution is -2.43. The summed E-state index contributed by atoms with van der Waals surface area (Å²) in [5.41, 5.74) is -0.500. The molecule has 0 aromatic heterocycles. The fourth-order valence-corrected chi connectivity index (χ4v) is 7.60. The van der Waals surface area contributed by atoms with Crippen LogP contribution in [-0.2, 0) is 37.4 Å². The molecule has 0 aromatic carbocycles. The fourth-order valence-electron chi connectivity index (χ4n) is 6.86. The van der Waals surface area contributed by atoms with Crippen LogP contribution in [0.1, 0.15) is 187 Å². The summed E-state index contributed by atoms with van der Waals surface area (Å²) in [6.07, 6.45) is 27.2. The number of esters is 2. The number of phosphoric ester groups is 1. The van der Waals surface area contributed by atoms with Crippen LogP contribution in [0.5, 0.6) is 0 Å². The van der Waals surface area contributed by atoms with Crippen LogP contribution >= 0.6 is 7.82 Å². The maximum Gasteiger partial charge on any atom is 0.472 e. The zero-order valence-electron chi connectivity index (χ0n) is 35.9. The van der Waals surface area contributed by atoms with Crippen LogP contribution in [0.3, 0.4) is 0 Å². The van der Waals surface area contributed by atoms with E-state index in [1.807, 2.05) is 21.1 Å². The first-order valence-corrected chi connectivity index (χ1v) is 23.7. The van der Waals surface area contributed by atoms with Crippen molar-refractivity contribution in [3.63, 3.8) is 0 Å². The number of ether oxygens (including phenoxy) is 3. The highest BCUT2D eigenvalue weighted by Crippen LogP contribution is 2.43. The lowest BCUT2D eigenvalue weighted by atomic mass is 9.97. The predicted octanol–water partition coefficient (Wildman–Crippen LogP) is 10.3. The molecule has 326 valence electrons. The van der Waals surface area contributed by atoms with Crippen molar-refractivity contribution in [2.24, 2.45) is 0 Å². The van der Waals surface area contributed by atoms with Gasteiger partial charge in [-0.3, -0.25) is 18.6 Å². The monoisotopic (exact) mass is 808 g/mol. The van der Waals surface area contributed by atoms with Crippen molar-refractivity contribution in [1.29, 1.82) is 0 Å². The minimum atomic E-state index is -4.39. The van der Waals surface area contributed by atoms with E-state index >= 15 is 0 Å². The van der Waals surface area contributed by atoms with Gasteiger partial charge in [0.2, 0.25) is 0 Å². The van der Waals surface area contributed by atoms with Crippen LogP contribution in [0.4, 0.5) is 0 Å². The molecule has 1 saturated heterocycles. The fraction of sp³-hybridized carbons (Fsp3) is 0.952. The Morgan fingerprint density at radius 2 is 1.16 bits per heavy atom. The molecule has 0 aromatic rings. The topological polar surface area (TPSA) is 141 Å². The largest absolute Gasteiger partial charge is 0.472 e. The first-order chi connectivity index (χ1) is 26.3. The van der Waals surface area contributed by atoms with Crippen molar-refractivity contribution in [3.05, 3.63) is 0 Å². The summed E-state index contributed by atoms with van der Waals surface area (Å²) in [6, 6.07) is 0. The Morgan fingerprint density at radius 1 is 0.691 bits per heavy atom. The number of unbranched alkanes of at least 4 members (excludes halogenated alkanes) is 20. The van der Waals surface area contributed by atoms with Crippen molar-refractivity contribution in [2.75, 3.05) is 60.7 Å². The number of phosphoric acid groups is 1. The average Bonchev–Trinajstić information content (AvgIpc) is 3.49. The summed E-state index contributed by atoms with van der Waals surface area (Å²) >= 11 is 0. The van der Waals surface area contributed by atoms with Gasteiger partial charge >= 0.3 is 19.8 Å². The molecule has 1 fully saturated rings. The number of hydrogen-bond acceptors (Lipinski definition) is 10. The first kappa shape index (κ1) is 51.9. The highest BCUT2D eigenvalue weighted by Gasteiger charge is 2.40. The summed E-state index contributed by atoms with van der Waals surface area (Å²) in [7, 11) is 1.44. The van der Waals surface area contributed by atoms with Crippen LogP contribution in [0, 0.1) is 0 Å². The molecule has 55 heavy (non-hydrogen) atoms. The molecule has 1 rings (SSSR count). The summed E-state index contributed by atoms with van der Waals surface area (Å²) in [5, 5.41) is 11.8. The molecule has 1 aliphatic heterocycles. The Labute approximate surface area is 335 Å². The van der Waals surface area contributed by atoms with Gasteiger partial charge in [0.1, 0.15) is 25.5 Å². The van der Waals surface area contributed by atoms with E-state index in [0.717, 1.165) is 89.9 Å². The summed E-state index contributed by atoms with van der Waals surface area (Å²) < 4.78 is 40.3. The summed E-state index contributed by atoms with van der Waals surface area (Å²) in [6.45, 7) is 5.43. The van der Waals surface area contributed by atoms with E-state index in [4.69, 9.17) is 23.3 Å². The van der Waals surface area contributed by atoms with E-state index in [1.54, 1.807) is 0 Å². The minimum Gasteiger partial charge on any atom is -0.462 e. The summed E-state index contributed by atoms with van der Waals surface area (Å²) in [5.74, 6) is -0.835. The smallest absolute Gasteiger partial charge is 0.462 e. The summed E-state index contributed by atoms with van der Waals surface area (Å²) in [4.78, 5) is 35.4. The number of quaternary nitrogens is 1. The lowest BCUT2D eigenvalue weighted by Gasteiger charge is -2.33. The molecule has 0 radical (unpaired) electrons. The van der Waals surface area contributed by atoms with Crippen molar-refractivity contribution < 1.29 is 52.0 Å². The Balaban J connectivity index is 2.33. The van der Waals surface area contributed by atoms with E-state index in [0.29, 0.717) is 30.6 Å². The Kier molecular flexibility index (Phi) is 30.0. The highest BCUT2D eigenvalue weighted by atomic mass is 31.2. The SMILES string of the molecule is CCCCCCCCCCCCCCCC(=O)OC[C@H](COP(=O)(O)OCC[N+](C)(C)C)OC(=O)CCCCCCCCCCC1(CCCC)OCCN1O.